The van der Waals surface area contributed by atoms with Crippen molar-refractivity contribution in [1.82, 2.24) is 9.78 Å². The third kappa shape index (κ3) is 3.20. The Labute approximate surface area is 106 Å². The van der Waals surface area contributed by atoms with Crippen LogP contribution in [0.25, 0.3) is 5.69 Å². The van der Waals surface area contributed by atoms with Gasteiger partial charge in [-0.2, -0.15) is 5.10 Å². The molecule has 0 fully saturated rings. The molecule has 2 aromatic rings. The molecule has 4 nitrogen and oxygen atoms in total. The van der Waals surface area contributed by atoms with E-state index in [-0.39, 0.29) is 6.42 Å². The monoisotopic (exact) mass is 244 g/mol. The lowest BCUT2D eigenvalue weighted by Crippen LogP contribution is -1.98. The number of aromatic nitrogens is 2. The average Bonchev–Trinajstić information content (AvgIpc) is 2.76. The van der Waals surface area contributed by atoms with Crippen LogP contribution >= 0.6 is 0 Å². The van der Waals surface area contributed by atoms with Crippen molar-refractivity contribution >= 4 is 5.97 Å². The summed E-state index contributed by atoms with van der Waals surface area (Å²) in [5, 5.41) is 12.9. The highest BCUT2D eigenvalue weighted by molar-refractivity contribution is 5.66. The van der Waals surface area contributed by atoms with Crippen molar-refractivity contribution in [2.75, 3.05) is 0 Å². The van der Waals surface area contributed by atoms with E-state index >= 15 is 0 Å². The molecule has 0 bridgehead atoms. The Morgan fingerprint density at radius 2 is 2.28 bits per heavy atom. The van der Waals surface area contributed by atoms with Gasteiger partial charge in [-0.1, -0.05) is 12.1 Å². The van der Waals surface area contributed by atoms with Gasteiger partial charge in [-0.15, -0.1) is 0 Å². The number of carbonyl (C=O) groups is 1. The molecule has 4 heteroatoms. The lowest BCUT2D eigenvalue weighted by molar-refractivity contribution is -0.137. The number of carboxylic acids is 1. The summed E-state index contributed by atoms with van der Waals surface area (Å²) in [6.45, 7) is 2.00. The predicted octanol–water partition coefficient (Wildman–Crippen LogP) is 2.59. The fourth-order valence-corrected chi connectivity index (χ4v) is 1.85. The van der Waals surface area contributed by atoms with Gasteiger partial charge in [-0.3, -0.25) is 4.79 Å². The number of hydrogen-bond donors (Lipinski definition) is 1. The molecule has 18 heavy (non-hydrogen) atoms. The highest BCUT2D eigenvalue weighted by Crippen LogP contribution is 2.12. The molecule has 1 heterocycles. The Morgan fingerprint density at radius 1 is 1.44 bits per heavy atom. The number of carboxylic acid groups (broad SMARTS) is 1. The van der Waals surface area contributed by atoms with E-state index in [2.05, 4.69) is 5.10 Å². The first kappa shape index (κ1) is 12.4. The summed E-state index contributed by atoms with van der Waals surface area (Å²) < 4.78 is 1.83. The minimum Gasteiger partial charge on any atom is -0.481 e. The number of hydrogen-bond acceptors (Lipinski definition) is 2. The Kier molecular flexibility index (Phi) is 3.77. The van der Waals surface area contributed by atoms with Gasteiger partial charge in [0, 0.05) is 12.6 Å². The number of aliphatic carboxylic acids is 1. The number of nitrogens with zero attached hydrogens (tertiary/aromatic N) is 2. The summed E-state index contributed by atoms with van der Waals surface area (Å²) in [6, 6.07) is 8.03. The fourth-order valence-electron chi connectivity index (χ4n) is 1.85. The van der Waals surface area contributed by atoms with Crippen molar-refractivity contribution in [2.24, 2.45) is 0 Å². The first-order valence-electron chi connectivity index (χ1n) is 5.97. The second-order valence-electron chi connectivity index (χ2n) is 4.38. The van der Waals surface area contributed by atoms with E-state index in [9.17, 15) is 4.79 Å². The molecule has 1 N–H and O–H groups in total. The zero-order valence-corrected chi connectivity index (χ0v) is 10.3. The van der Waals surface area contributed by atoms with Crippen LogP contribution in [-0.2, 0) is 11.2 Å². The lowest BCUT2D eigenvalue weighted by Gasteiger charge is -2.04. The average molecular weight is 244 g/mol. The molecule has 0 aliphatic heterocycles. The maximum Gasteiger partial charge on any atom is 0.303 e. The highest BCUT2D eigenvalue weighted by Gasteiger charge is 2.01. The molecule has 0 aliphatic rings. The van der Waals surface area contributed by atoms with Gasteiger partial charge < -0.3 is 5.11 Å². The number of aryl methyl sites for hydroxylation is 2. The van der Waals surface area contributed by atoms with E-state index < -0.39 is 5.97 Å². The lowest BCUT2D eigenvalue weighted by atomic mass is 10.1. The summed E-state index contributed by atoms with van der Waals surface area (Å²) in [4.78, 5) is 10.5. The molecule has 0 saturated heterocycles. The molecule has 0 unspecified atom stereocenters. The van der Waals surface area contributed by atoms with Gasteiger partial charge in [-0.05, 0) is 43.0 Å². The minimum absolute atomic E-state index is 0.213. The van der Waals surface area contributed by atoms with Gasteiger partial charge in [0.2, 0.25) is 0 Å². The molecule has 0 amide bonds. The third-order valence-corrected chi connectivity index (χ3v) is 2.74. The van der Waals surface area contributed by atoms with E-state index in [0.29, 0.717) is 6.42 Å². The predicted molar refractivity (Wildman–Crippen MR) is 68.9 cm³/mol. The maximum absolute atomic E-state index is 10.5. The first-order valence-corrected chi connectivity index (χ1v) is 5.97. The topological polar surface area (TPSA) is 55.1 Å². The summed E-state index contributed by atoms with van der Waals surface area (Å²) in [7, 11) is 0. The molecular formula is C14H16N2O2. The van der Waals surface area contributed by atoms with Crippen LogP contribution in [0.3, 0.4) is 0 Å². The van der Waals surface area contributed by atoms with Crippen LogP contribution in [0.2, 0.25) is 0 Å². The van der Waals surface area contributed by atoms with E-state index in [0.717, 1.165) is 23.2 Å². The van der Waals surface area contributed by atoms with Crippen LogP contribution in [0.1, 0.15) is 24.0 Å². The summed E-state index contributed by atoms with van der Waals surface area (Å²) in [6.07, 6.45) is 5.44. The van der Waals surface area contributed by atoms with E-state index in [4.69, 9.17) is 5.11 Å². The molecule has 0 radical (unpaired) electrons. The summed E-state index contributed by atoms with van der Waals surface area (Å²) in [5.41, 5.74) is 3.27. The van der Waals surface area contributed by atoms with Crippen molar-refractivity contribution in [3.8, 4) is 5.69 Å². The Hall–Kier alpha value is -2.10. The standard InChI is InChI=1S/C14H16N2O2/c1-11-9-15-16(10-11)13-6-2-4-12(8-13)5-3-7-14(17)18/h2,4,6,8-10H,3,5,7H2,1H3,(H,17,18). The Bertz CT molecular complexity index is 546. The van der Waals surface area contributed by atoms with Gasteiger partial charge in [0.05, 0.1) is 11.9 Å². The maximum atomic E-state index is 10.5. The van der Waals surface area contributed by atoms with E-state index in [1.165, 1.54) is 0 Å². The molecule has 1 aromatic carbocycles. The number of benzene rings is 1. The SMILES string of the molecule is Cc1cnn(-c2cccc(CCCC(=O)O)c2)c1. The van der Waals surface area contributed by atoms with Gasteiger partial charge in [0.1, 0.15) is 0 Å². The van der Waals surface area contributed by atoms with Crippen LogP contribution < -0.4 is 0 Å². The quantitative estimate of drug-likeness (QED) is 0.879. The highest BCUT2D eigenvalue weighted by atomic mass is 16.4. The van der Waals surface area contributed by atoms with Gasteiger partial charge in [0.25, 0.3) is 0 Å². The Morgan fingerprint density at radius 3 is 2.94 bits per heavy atom. The van der Waals surface area contributed by atoms with Crippen LogP contribution in [-0.4, -0.2) is 20.9 Å². The summed E-state index contributed by atoms with van der Waals surface area (Å²) in [5.74, 6) is -0.742. The second kappa shape index (κ2) is 5.49. The molecule has 1 aromatic heterocycles. The molecule has 0 saturated carbocycles. The first-order chi connectivity index (χ1) is 8.65. The third-order valence-electron chi connectivity index (χ3n) is 2.74. The number of rotatable bonds is 5. The molecular weight excluding hydrogens is 228 g/mol. The molecule has 94 valence electrons. The molecule has 0 spiro atoms. The van der Waals surface area contributed by atoms with Crippen LogP contribution in [0, 0.1) is 6.92 Å². The largest absolute Gasteiger partial charge is 0.481 e. The smallest absolute Gasteiger partial charge is 0.303 e. The van der Waals surface area contributed by atoms with Crippen molar-refractivity contribution < 1.29 is 9.90 Å². The van der Waals surface area contributed by atoms with Gasteiger partial charge in [0.15, 0.2) is 0 Å². The molecule has 0 atom stereocenters. The van der Waals surface area contributed by atoms with Gasteiger partial charge >= 0.3 is 5.97 Å². The zero-order valence-electron chi connectivity index (χ0n) is 10.3. The van der Waals surface area contributed by atoms with E-state index in [1.807, 2.05) is 48.3 Å². The normalized spacial score (nSPS) is 10.5. The van der Waals surface area contributed by atoms with Gasteiger partial charge in [-0.25, -0.2) is 4.68 Å². The van der Waals surface area contributed by atoms with Crippen molar-refractivity contribution in [2.45, 2.75) is 26.2 Å². The second-order valence-corrected chi connectivity index (χ2v) is 4.38. The van der Waals surface area contributed by atoms with Crippen molar-refractivity contribution in [3.05, 3.63) is 47.8 Å². The van der Waals surface area contributed by atoms with Crippen molar-refractivity contribution in [3.63, 3.8) is 0 Å². The van der Waals surface area contributed by atoms with Crippen LogP contribution in [0.15, 0.2) is 36.7 Å². The Balaban J connectivity index is 2.08. The molecule has 2 rings (SSSR count). The van der Waals surface area contributed by atoms with Crippen LogP contribution in [0.5, 0.6) is 0 Å². The summed E-state index contributed by atoms with van der Waals surface area (Å²) >= 11 is 0. The zero-order chi connectivity index (χ0) is 13.0. The van der Waals surface area contributed by atoms with E-state index in [1.54, 1.807) is 0 Å². The minimum atomic E-state index is -0.742. The fraction of sp³-hybridized carbons (Fsp3) is 0.286. The molecule has 0 aliphatic carbocycles. The van der Waals surface area contributed by atoms with Crippen LogP contribution in [0.4, 0.5) is 0 Å². The van der Waals surface area contributed by atoms with Crippen molar-refractivity contribution in [1.29, 1.82) is 0 Å².